The molecule has 2 aromatic rings. The molecule has 2 aliphatic heterocycles. The molecule has 2 aromatic heterocycles. The molecule has 0 aromatic carbocycles. The number of pyridine rings is 1. The number of piperidine rings is 1. The highest BCUT2D eigenvalue weighted by Gasteiger charge is 2.40. The van der Waals surface area contributed by atoms with Crippen LogP contribution in [0.15, 0.2) is 36.9 Å². The fourth-order valence-corrected chi connectivity index (χ4v) is 4.07. The minimum Gasteiger partial charge on any atom is -0.373 e. The van der Waals surface area contributed by atoms with Crippen LogP contribution in [-0.4, -0.2) is 62.3 Å². The topological polar surface area (TPSA) is 63.5 Å². The summed E-state index contributed by atoms with van der Waals surface area (Å²) in [7, 11) is 1.89. The Balaban J connectivity index is 1.34. The molecule has 0 radical (unpaired) electrons. The lowest BCUT2D eigenvalue weighted by Gasteiger charge is -2.40. The third-order valence-electron chi connectivity index (χ3n) is 5.62. The summed E-state index contributed by atoms with van der Waals surface area (Å²) in [6.45, 7) is 4.67. The van der Waals surface area contributed by atoms with Crippen molar-refractivity contribution in [2.24, 2.45) is 7.05 Å². The van der Waals surface area contributed by atoms with Crippen molar-refractivity contribution in [2.75, 3.05) is 26.2 Å². The number of hydrogen-bond donors (Lipinski definition) is 0. The van der Waals surface area contributed by atoms with Gasteiger partial charge in [-0.15, -0.1) is 0 Å². The van der Waals surface area contributed by atoms with Gasteiger partial charge >= 0.3 is 0 Å². The van der Waals surface area contributed by atoms with Gasteiger partial charge < -0.3 is 9.64 Å². The van der Waals surface area contributed by atoms with E-state index in [2.05, 4.69) is 21.0 Å². The highest BCUT2D eigenvalue weighted by molar-refractivity contribution is 5.77. The molecule has 7 nitrogen and oxygen atoms in total. The van der Waals surface area contributed by atoms with Gasteiger partial charge in [0.05, 0.1) is 24.8 Å². The lowest BCUT2D eigenvalue weighted by molar-refractivity contribution is -0.136. The lowest BCUT2D eigenvalue weighted by atomic mass is 9.87. The van der Waals surface area contributed by atoms with E-state index in [1.165, 1.54) is 5.56 Å². The molecule has 1 amide bonds. The van der Waals surface area contributed by atoms with Gasteiger partial charge in [0.1, 0.15) is 0 Å². The van der Waals surface area contributed by atoms with Crippen LogP contribution in [0.2, 0.25) is 0 Å². The first kappa shape index (κ1) is 18.1. The SMILES string of the molecule is Cn1cc(CN2CCOC3(CCN(Cc4cccnc4)CC3)CC2=O)cn1. The monoisotopic (exact) mass is 369 g/mol. The Morgan fingerprint density at radius 1 is 1.15 bits per heavy atom. The summed E-state index contributed by atoms with van der Waals surface area (Å²) in [4.78, 5) is 21.4. The number of carbonyl (C=O) groups is 1. The number of rotatable bonds is 4. The van der Waals surface area contributed by atoms with Crippen molar-refractivity contribution in [1.82, 2.24) is 24.6 Å². The van der Waals surface area contributed by atoms with Crippen molar-refractivity contribution >= 4 is 5.91 Å². The van der Waals surface area contributed by atoms with Gasteiger partial charge in [0, 0.05) is 63.9 Å². The number of amides is 1. The van der Waals surface area contributed by atoms with E-state index in [9.17, 15) is 4.79 Å². The molecular formula is C20H27N5O2. The predicted octanol–water partition coefficient (Wildman–Crippen LogP) is 1.60. The third-order valence-corrected chi connectivity index (χ3v) is 5.62. The molecule has 2 saturated heterocycles. The Kier molecular flexibility index (Phi) is 5.22. The van der Waals surface area contributed by atoms with E-state index in [4.69, 9.17) is 4.74 Å². The second-order valence-electron chi connectivity index (χ2n) is 7.68. The number of hydrogen-bond acceptors (Lipinski definition) is 5. The normalized spacial score (nSPS) is 20.8. The number of aromatic nitrogens is 3. The average Bonchev–Trinajstić information content (AvgIpc) is 3.02. The van der Waals surface area contributed by atoms with Gasteiger partial charge in [-0.05, 0) is 24.5 Å². The second-order valence-corrected chi connectivity index (χ2v) is 7.68. The maximum absolute atomic E-state index is 12.9. The van der Waals surface area contributed by atoms with Crippen molar-refractivity contribution in [1.29, 1.82) is 0 Å². The molecule has 0 atom stereocenters. The minimum absolute atomic E-state index is 0.192. The van der Waals surface area contributed by atoms with Crippen molar-refractivity contribution in [3.63, 3.8) is 0 Å². The number of carbonyl (C=O) groups excluding carboxylic acids is 1. The first-order valence-electron chi connectivity index (χ1n) is 9.62. The standard InChI is InChI=1S/C20H27N5O2/c1-23-14-18(13-22-23)16-25-9-10-27-20(11-19(25)26)4-7-24(8-5-20)15-17-3-2-6-21-12-17/h2-3,6,12-14H,4-5,7-11,15-16H2,1H3. The largest absolute Gasteiger partial charge is 0.373 e. The van der Waals surface area contributed by atoms with Gasteiger partial charge in [-0.1, -0.05) is 6.07 Å². The smallest absolute Gasteiger partial charge is 0.225 e. The zero-order valence-electron chi connectivity index (χ0n) is 15.9. The molecule has 27 heavy (non-hydrogen) atoms. The van der Waals surface area contributed by atoms with Crippen LogP contribution in [0, 0.1) is 0 Å². The van der Waals surface area contributed by atoms with E-state index >= 15 is 0 Å². The average molecular weight is 369 g/mol. The first-order valence-corrected chi connectivity index (χ1v) is 9.62. The quantitative estimate of drug-likeness (QED) is 0.819. The van der Waals surface area contributed by atoms with Crippen molar-refractivity contribution in [2.45, 2.75) is 38.0 Å². The zero-order chi connectivity index (χ0) is 18.7. The zero-order valence-corrected chi connectivity index (χ0v) is 15.9. The van der Waals surface area contributed by atoms with E-state index in [0.717, 1.165) is 38.0 Å². The predicted molar refractivity (Wildman–Crippen MR) is 101 cm³/mol. The fraction of sp³-hybridized carbons (Fsp3) is 0.550. The number of likely N-dealkylation sites (tertiary alicyclic amines) is 1. The van der Waals surface area contributed by atoms with Gasteiger partial charge in [-0.3, -0.25) is 19.4 Å². The van der Waals surface area contributed by atoms with E-state index in [0.29, 0.717) is 26.1 Å². The van der Waals surface area contributed by atoms with E-state index < -0.39 is 0 Å². The molecule has 7 heteroatoms. The van der Waals surface area contributed by atoms with Crippen LogP contribution in [0.25, 0.3) is 0 Å². The molecule has 4 rings (SSSR count). The molecular weight excluding hydrogens is 342 g/mol. The van der Waals surface area contributed by atoms with Gasteiger partial charge in [-0.2, -0.15) is 5.10 Å². The molecule has 0 bridgehead atoms. The van der Waals surface area contributed by atoms with E-state index in [1.54, 1.807) is 10.9 Å². The summed E-state index contributed by atoms with van der Waals surface area (Å²) >= 11 is 0. The van der Waals surface area contributed by atoms with Gasteiger partial charge in [0.2, 0.25) is 5.91 Å². The molecule has 0 saturated carbocycles. The molecule has 4 heterocycles. The van der Waals surface area contributed by atoms with Crippen LogP contribution >= 0.6 is 0 Å². The Morgan fingerprint density at radius 3 is 2.70 bits per heavy atom. The molecule has 2 fully saturated rings. The van der Waals surface area contributed by atoms with Crippen LogP contribution in [0.1, 0.15) is 30.4 Å². The lowest BCUT2D eigenvalue weighted by Crippen LogP contribution is -2.47. The third kappa shape index (κ3) is 4.36. The number of ether oxygens (including phenoxy) is 1. The summed E-state index contributed by atoms with van der Waals surface area (Å²) in [6.07, 6.45) is 9.80. The Bertz CT molecular complexity index is 768. The van der Waals surface area contributed by atoms with Crippen molar-refractivity contribution in [3.05, 3.63) is 48.0 Å². The Hall–Kier alpha value is -2.25. The summed E-state index contributed by atoms with van der Waals surface area (Å²) < 4.78 is 8.02. The minimum atomic E-state index is -0.299. The highest BCUT2D eigenvalue weighted by atomic mass is 16.5. The van der Waals surface area contributed by atoms with Crippen LogP contribution in [0.3, 0.4) is 0 Å². The summed E-state index contributed by atoms with van der Waals surface area (Å²) in [5.74, 6) is 0.192. The summed E-state index contributed by atoms with van der Waals surface area (Å²) in [5, 5.41) is 4.19. The molecule has 144 valence electrons. The molecule has 2 aliphatic rings. The first-order chi connectivity index (χ1) is 13.1. The van der Waals surface area contributed by atoms with Gasteiger partial charge in [-0.25, -0.2) is 0 Å². The number of aryl methyl sites for hydroxylation is 1. The Labute approximate surface area is 159 Å². The van der Waals surface area contributed by atoms with Crippen LogP contribution in [0.4, 0.5) is 0 Å². The highest BCUT2D eigenvalue weighted by Crippen LogP contribution is 2.33. The molecule has 1 spiro atoms. The Morgan fingerprint density at radius 2 is 2.00 bits per heavy atom. The molecule has 0 N–H and O–H groups in total. The van der Waals surface area contributed by atoms with Gasteiger partial charge in [0.25, 0.3) is 0 Å². The number of nitrogens with zero attached hydrogens (tertiary/aromatic N) is 5. The molecule has 0 unspecified atom stereocenters. The maximum Gasteiger partial charge on any atom is 0.225 e. The fourth-order valence-electron chi connectivity index (χ4n) is 4.07. The van der Waals surface area contributed by atoms with Crippen molar-refractivity contribution in [3.8, 4) is 0 Å². The summed E-state index contributed by atoms with van der Waals surface area (Å²) in [6, 6.07) is 4.09. The van der Waals surface area contributed by atoms with Crippen molar-refractivity contribution < 1.29 is 9.53 Å². The van der Waals surface area contributed by atoms with Gasteiger partial charge in [0.15, 0.2) is 0 Å². The maximum atomic E-state index is 12.9. The van der Waals surface area contributed by atoms with Crippen LogP contribution in [0.5, 0.6) is 0 Å². The van der Waals surface area contributed by atoms with Crippen LogP contribution in [-0.2, 0) is 29.7 Å². The summed E-state index contributed by atoms with van der Waals surface area (Å²) in [5.41, 5.74) is 1.99. The van der Waals surface area contributed by atoms with E-state index in [1.807, 2.05) is 36.6 Å². The van der Waals surface area contributed by atoms with Crippen LogP contribution < -0.4 is 0 Å². The van der Waals surface area contributed by atoms with E-state index in [-0.39, 0.29) is 11.5 Å². The second kappa shape index (κ2) is 7.78. The molecule has 0 aliphatic carbocycles.